The zero-order valence-electron chi connectivity index (χ0n) is 15.0. The number of ether oxygens (including phenoxy) is 2. The van der Waals surface area contributed by atoms with Crippen LogP contribution in [-0.2, 0) is 15.1 Å². The Kier molecular flexibility index (Phi) is 4.67. The first-order valence-corrected chi connectivity index (χ1v) is 9.06. The van der Waals surface area contributed by atoms with Gasteiger partial charge in [-0.15, -0.1) is 0 Å². The highest BCUT2D eigenvalue weighted by Gasteiger charge is 2.50. The van der Waals surface area contributed by atoms with Crippen molar-refractivity contribution in [3.05, 3.63) is 84.6 Å². The first kappa shape index (κ1) is 17.9. The Balaban J connectivity index is 1.53. The van der Waals surface area contributed by atoms with Gasteiger partial charge < -0.3 is 9.47 Å². The summed E-state index contributed by atoms with van der Waals surface area (Å²) in [6.07, 6.45) is 1.66. The number of hydrogen-bond acceptors (Lipinski definition) is 6. The fourth-order valence-corrected chi connectivity index (χ4v) is 3.15. The molecule has 7 heteroatoms. The van der Waals surface area contributed by atoms with Crippen LogP contribution in [-0.4, -0.2) is 21.1 Å². The number of rotatable bonds is 5. The highest BCUT2D eigenvalue weighted by Crippen LogP contribution is 2.35. The molecule has 1 saturated heterocycles. The second kappa shape index (κ2) is 7.28. The Hall–Kier alpha value is -3.45. The van der Waals surface area contributed by atoms with Crippen LogP contribution in [0.2, 0.25) is 0 Å². The lowest BCUT2D eigenvalue weighted by Gasteiger charge is -2.21. The van der Waals surface area contributed by atoms with E-state index in [1.807, 2.05) is 42.5 Å². The Bertz CT molecular complexity index is 996. The summed E-state index contributed by atoms with van der Waals surface area (Å²) in [5.74, 6) is 0.812. The highest BCUT2D eigenvalue weighted by molar-refractivity contribution is 7.80. The number of pyridine rings is 1. The predicted molar refractivity (Wildman–Crippen MR) is 109 cm³/mol. The zero-order chi connectivity index (χ0) is 19.6. The van der Waals surface area contributed by atoms with E-state index in [1.165, 1.54) is 5.01 Å². The molecule has 0 saturated carbocycles. The van der Waals surface area contributed by atoms with Crippen LogP contribution in [0.15, 0.2) is 79.0 Å². The molecule has 0 bridgehead atoms. The summed E-state index contributed by atoms with van der Waals surface area (Å²) < 4.78 is 11.5. The average molecular weight is 391 g/mol. The van der Waals surface area contributed by atoms with Gasteiger partial charge >= 0.3 is 0 Å². The van der Waals surface area contributed by atoms with E-state index in [0.717, 1.165) is 5.69 Å². The minimum absolute atomic E-state index is 0.0742. The van der Waals surface area contributed by atoms with Gasteiger partial charge in [-0.3, -0.25) is 10.2 Å². The van der Waals surface area contributed by atoms with E-state index in [-0.39, 0.29) is 11.1 Å². The van der Waals surface area contributed by atoms with Crippen LogP contribution < -0.4 is 10.2 Å². The topological polar surface area (TPSA) is 63.7 Å². The first-order valence-electron chi connectivity index (χ1n) is 8.65. The van der Waals surface area contributed by atoms with Crippen molar-refractivity contribution < 1.29 is 14.3 Å². The van der Waals surface area contributed by atoms with Crippen LogP contribution in [0.3, 0.4) is 0 Å². The summed E-state index contributed by atoms with van der Waals surface area (Å²) in [5.41, 5.74) is 3.19. The molecule has 2 aromatic carbocycles. The lowest BCUT2D eigenvalue weighted by atomic mass is 9.95. The second-order valence-corrected chi connectivity index (χ2v) is 6.66. The molecule has 2 heterocycles. The van der Waals surface area contributed by atoms with E-state index in [0.29, 0.717) is 17.2 Å². The number of benzene rings is 2. The van der Waals surface area contributed by atoms with E-state index in [1.54, 1.807) is 43.5 Å². The molecule has 1 unspecified atom stereocenters. The van der Waals surface area contributed by atoms with Gasteiger partial charge in [-0.05, 0) is 49.5 Å². The van der Waals surface area contributed by atoms with Gasteiger partial charge in [-0.25, -0.2) is 4.98 Å². The maximum atomic E-state index is 13.0. The van der Waals surface area contributed by atoms with Crippen molar-refractivity contribution in [1.29, 1.82) is 0 Å². The molecule has 0 radical (unpaired) electrons. The fourth-order valence-electron chi connectivity index (χ4n) is 2.85. The van der Waals surface area contributed by atoms with E-state index in [4.69, 9.17) is 21.7 Å². The molecule has 140 valence electrons. The number of amides is 1. The van der Waals surface area contributed by atoms with Crippen molar-refractivity contribution in [1.82, 2.24) is 9.99 Å². The Labute approximate surface area is 167 Å². The van der Waals surface area contributed by atoms with Crippen LogP contribution in [0.5, 0.6) is 11.6 Å². The van der Waals surface area contributed by atoms with Crippen LogP contribution >= 0.6 is 12.2 Å². The maximum Gasteiger partial charge on any atom is 0.297 e. The molecular weight excluding hydrogens is 374 g/mol. The number of carbonyl (C=O) groups excluding carboxylic acids is 1. The molecule has 1 aliphatic heterocycles. The molecule has 1 fully saturated rings. The zero-order valence-corrected chi connectivity index (χ0v) is 15.8. The van der Waals surface area contributed by atoms with Gasteiger partial charge in [0, 0.05) is 17.8 Å². The standard InChI is InChI=1S/C21H17N3O3S/c1-21(15-10-12-17(13-11-15)26-18-9-5-6-14-22-18)19(25)24(20(28)27-21)23-16-7-3-2-4-8-16/h2-14,23H,1H3. The third-order valence-corrected chi connectivity index (χ3v) is 4.63. The van der Waals surface area contributed by atoms with E-state index in [9.17, 15) is 4.79 Å². The SMILES string of the molecule is CC1(c2ccc(Oc3ccccn3)cc2)OC(=S)N(Nc2ccccc2)C1=O. The Morgan fingerprint density at radius 3 is 2.43 bits per heavy atom. The molecule has 0 aliphatic carbocycles. The summed E-state index contributed by atoms with van der Waals surface area (Å²) in [7, 11) is 0. The average Bonchev–Trinajstić information content (AvgIpc) is 2.94. The molecule has 3 aromatic rings. The summed E-state index contributed by atoms with van der Waals surface area (Å²) in [5, 5.41) is 1.33. The smallest absolute Gasteiger partial charge is 0.297 e. The summed E-state index contributed by atoms with van der Waals surface area (Å²) in [6, 6.07) is 21.8. The molecule has 1 aliphatic rings. The number of hydrazine groups is 1. The van der Waals surface area contributed by atoms with Crippen molar-refractivity contribution in [2.75, 3.05) is 5.43 Å². The van der Waals surface area contributed by atoms with Gasteiger partial charge in [0.05, 0.1) is 5.69 Å². The number of para-hydroxylation sites is 1. The van der Waals surface area contributed by atoms with E-state index < -0.39 is 5.60 Å². The fraction of sp³-hybridized carbons (Fsp3) is 0.0952. The number of thiocarbonyl (C=S) groups is 1. The van der Waals surface area contributed by atoms with Gasteiger partial charge in [0.15, 0.2) is 0 Å². The third kappa shape index (κ3) is 3.39. The Morgan fingerprint density at radius 1 is 1.04 bits per heavy atom. The van der Waals surface area contributed by atoms with Gasteiger partial charge in [0.25, 0.3) is 11.1 Å². The number of anilines is 1. The van der Waals surface area contributed by atoms with Crippen molar-refractivity contribution in [3.63, 3.8) is 0 Å². The lowest BCUT2D eigenvalue weighted by molar-refractivity contribution is -0.135. The molecule has 4 rings (SSSR count). The molecule has 1 atom stereocenters. The quantitative estimate of drug-likeness (QED) is 0.656. The molecule has 0 spiro atoms. The molecular formula is C21H17N3O3S. The van der Waals surface area contributed by atoms with Gasteiger partial charge in [-0.1, -0.05) is 36.4 Å². The van der Waals surface area contributed by atoms with Crippen molar-refractivity contribution >= 4 is 29.0 Å². The highest BCUT2D eigenvalue weighted by atomic mass is 32.1. The van der Waals surface area contributed by atoms with Crippen LogP contribution in [0.25, 0.3) is 0 Å². The molecule has 1 N–H and O–H groups in total. The number of nitrogens with zero attached hydrogens (tertiary/aromatic N) is 2. The third-order valence-electron chi connectivity index (χ3n) is 4.37. The molecule has 28 heavy (non-hydrogen) atoms. The number of nitrogens with one attached hydrogen (secondary N) is 1. The maximum absolute atomic E-state index is 13.0. The summed E-state index contributed by atoms with van der Waals surface area (Å²) in [6.45, 7) is 1.70. The van der Waals surface area contributed by atoms with Crippen molar-refractivity contribution in [3.8, 4) is 11.6 Å². The predicted octanol–water partition coefficient (Wildman–Crippen LogP) is 4.26. The van der Waals surface area contributed by atoms with E-state index >= 15 is 0 Å². The van der Waals surface area contributed by atoms with Gasteiger partial charge in [-0.2, -0.15) is 5.01 Å². The van der Waals surface area contributed by atoms with Crippen LogP contribution in [0.4, 0.5) is 5.69 Å². The van der Waals surface area contributed by atoms with E-state index in [2.05, 4.69) is 10.4 Å². The van der Waals surface area contributed by atoms with Crippen LogP contribution in [0.1, 0.15) is 12.5 Å². The Morgan fingerprint density at radius 2 is 1.75 bits per heavy atom. The number of aromatic nitrogens is 1. The molecule has 6 nitrogen and oxygen atoms in total. The minimum Gasteiger partial charge on any atom is -0.448 e. The summed E-state index contributed by atoms with van der Waals surface area (Å²) in [4.78, 5) is 17.2. The van der Waals surface area contributed by atoms with Crippen molar-refractivity contribution in [2.45, 2.75) is 12.5 Å². The minimum atomic E-state index is -1.22. The summed E-state index contributed by atoms with van der Waals surface area (Å²) >= 11 is 5.27. The molecule has 1 amide bonds. The lowest BCUT2D eigenvalue weighted by Crippen LogP contribution is -2.39. The largest absolute Gasteiger partial charge is 0.448 e. The van der Waals surface area contributed by atoms with Gasteiger partial charge in [0.2, 0.25) is 11.5 Å². The number of carbonyl (C=O) groups is 1. The van der Waals surface area contributed by atoms with Crippen molar-refractivity contribution in [2.24, 2.45) is 0 Å². The van der Waals surface area contributed by atoms with Gasteiger partial charge in [0.1, 0.15) is 5.75 Å². The first-order chi connectivity index (χ1) is 13.6. The molecule has 1 aromatic heterocycles. The second-order valence-electron chi connectivity index (χ2n) is 6.31. The normalized spacial score (nSPS) is 18.7. The van der Waals surface area contributed by atoms with Crippen LogP contribution in [0, 0.1) is 0 Å². The number of hydrogen-bond donors (Lipinski definition) is 1. The monoisotopic (exact) mass is 391 g/mol.